The first-order valence-corrected chi connectivity index (χ1v) is 17.6. The Morgan fingerprint density at radius 2 is 1.55 bits per heavy atom. The molecule has 0 spiro atoms. The number of aliphatic hydroxyl groups is 1. The van der Waals surface area contributed by atoms with Gasteiger partial charge >= 0.3 is 0 Å². The summed E-state index contributed by atoms with van der Waals surface area (Å²) in [6.45, 7) is 6.51. The Morgan fingerprint density at radius 3 is 2.24 bits per heavy atom. The number of benzene rings is 2. The van der Waals surface area contributed by atoms with Crippen molar-refractivity contribution in [3.63, 3.8) is 0 Å². The van der Waals surface area contributed by atoms with Crippen molar-refractivity contribution in [1.29, 1.82) is 0 Å². The highest BCUT2D eigenvalue weighted by molar-refractivity contribution is 6.06. The van der Waals surface area contributed by atoms with E-state index in [-0.39, 0.29) is 55.1 Å². The molecule has 18 heteroatoms. The van der Waals surface area contributed by atoms with Crippen LogP contribution in [-0.4, -0.2) is 80.6 Å². The van der Waals surface area contributed by atoms with E-state index in [0.29, 0.717) is 64.1 Å². The molecule has 6 aromatic rings. The predicted molar refractivity (Wildman–Crippen MR) is 204 cm³/mol. The highest BCUT2D eigenvalue weighted by atomic mass is 16.5. The number of carbonyl (C=O) groups excluding carboxylic acids is 4. The van der Waals surface area contributed by atoms with Gasteiger partial charge in [-0.1, -0.05) is 19.1 Å². The number of aromatic nitrogens is 8. The van der Waals surface area contributed by atoms with E-state index < -0.39 is 23.6 Å². The third-order valence-corrected chi connectivity index (χ3v) is 8.80. The summed E-state index contributed by atoms with van der Waals surface area (Å²) in [5.41, 5.74) is 15.6. The monoisotopic (exact) mass is 750 g/mol. The maximum atomic E-state index is 13.6. The number of aliphatic hydroxyl groups excluding tert-OH is 1. The predicted octanol–water partition coefficient (Wildman–Crippen LogP) is 2.93. The first-order chi connectivity index (χ1) is 26.4. The summed E-state index contributed by atoms with van der Waals surface area (Å²) in [4.78, 5) is 60.6. The molecule has 4 heterocycles. The van der Waals surface area contributed by atoms with Gasteiger partial charge in [0.25, 0.3) is 11.8 Å². The molecular weight excluding hydrogens is 708 g/mol. The van der Waals surface area contributed by atoms with Gasteiger partial charge in [-0.2, -0.15) is 10.2 Å². The Bertz CT molecular complexity index is 2470. The number of carbonyl (C=O) groups is 4. The quantitative estimate of drug-likeness (QED) is 0.0715. The maximum absolute atomic E-state index is 13.6. The smallest absolute Gasteiger partial charge is 0.276 e. The van der Waals surface area contributed by atoms with E-state index in [4.69, 9.17) is 16.2 Å². The number of hydrogen-bond donors (Lipinski definition) is 5. The number of nitrogens with two attached hydrogens (primary N) is 2. The number of ether oxygens (including phenoxy) is 1. The Morgan fingerprint density at radius 1 is 0.873 bits per heavy atom. The van der Waals surface area contributed by atoms with E-state index in [1.807, 2.05) is 26.0 Å². The molecule has 0 radical (unpaired) electrons. The molecule has 286 valence electrons. The minimum Gasteiger partial charge on any atom is -0.491 e. The van der Waals surface area contributed by atoms with Gasteiger partial charge in [0.05, 0.1) is 40.1 Å². The van der Waals surface area contributed by atoms with E-state index in [1.165, 1.54) is 12.1 Å². The largest absolute Gasteiger partial charge is 0.491 e. The van der Waals surface area contributed by atoms with Gasteiger partial charge in [-0.25, -0.2) is 9.97 Å². The number of nitrogens with one attached hydrogen (secondary N) is 2. The molecule has 0 aliphatic carbocycles. The highest BCUT2D eigenvalue weighted by Gasteiger charge is 2.23. The molecule has 0 saturated heterocycles. The van der Waals surface area contributed by atoms with Crippen LogP contribution in [0.1, 0.15) is 73.2 Å². The fraction of sp³-hybridized carbons (Fsp3) is 0.297. The Kier molecular flexibility index (Phi) is 11.1. The summed E-state index contributed by atoms with van der Waals surface area (Å²) in [5.74, 6) is -1.45. The van der Waals surface area contributed by atoms with Crippen LogP contribution in [0.5, 0.6) is 5.75 Å². The van der Waals surface area contributed by atoms with Crippen molar-refractivity contribution < 1.29 is 29.0 Å². The molecule has 0 atom stereocenters. The minimum atomic E-state index is -0.690. The number of hydrogen-bond acceptors (Lipinski definition) is 10. The molecule has 0 bridgehead atoms. The normalized spacial score (nSPS) is 11.5. The number of aryl methyl sites for hydroxylation is 4. The molecule has 55 heavy (non-hydrogen) atoms. The van der Waals surface area contributed by atoms with Gasteiger partial charge in [0.1, 0.15) is 17.0 Å². The van der Waals surface area contributed by atoms with E-state index in [0.717, 1.165) is 0 Å². The molecule has 6 rings (SSSR count). The topological polar surface area (TPSA) is 245 Å². The molecule has 7 N–H and O–H groups in total. The number of amides is 4. The molecule has 4 amide bonds. The molecule has 0 aliphatic rings. The lowest BCUT2D eigenvalue weighted by molar-refractivity contribution is 0.0992. The second-order valence-corrected chi connectivity index (χ2v) is 12.7. The SMILES string of the molecule is CCc1nn(C)cc1C(=O)Nc1nc2cc(C(N)=O)cc(OCCCO)c2n1CC=CCn1c(NC(=O)c2cc(C)nn2CC)nc2cc(C(N)=O)ccc21. The van der Waals surface area contributed by atoms with Crippen molar-refractivity contribution >= 4 is 57.6 Å². The van der Waals surface area contributed by atoms with Gasteiger partial charge in [0.2, 0.25) is 23.7 Å². The molecule has 4 aromatic heterocycles. The van der Waals surface area contributed by atoms with Crippen LogP contribution in [-0.2, 0) is 33.1 Å². The summed E-state index contributed by atoms with van der Waals surface area (Å²) in [7, 11) is 1.73. The van der Waals surface area contributed by atoms with Crippen molar-refractivity contribution in [2.24, 2.45) is 18.5 Å². The first-order valence-electron chi connectivity index (χ1n) is 17.6. The summed E-state index contributed by atoms with van der Waals surface area (Å²) < 4.78 is 12.7. The van der Waals surface area contributed by atoms with Crippen molar-refractivity contribution in [3.8, 4) is 5.75 Å². The second kappa shape index (κ2) is 16.0. The molecule has 0 unspecified atom stereocenters. The lowest BCUT2D eigenvalue weighted by Crippen LogP contribution is -2.19. The van der Waals surface area contributed by atoms with Gasteiger partial charge in [0.15, 0.2) is 0 Å². The molecule has 0 saturated carbocycles. The molecule has 18 nitrogen and oxygen atoms in total. The number of anilines is 2. The zero-order chi connectivity index (χ0) is 39.4. The maximum Gasteiger partial charge on any atom is 0.276 e. The fourth-order valence-electron chi connectivity index (χ4n) is 6.21. The number of rotatable bonds is 16. The van der Waals surface area contributed by atoms with Crippen LogP contribution in [0.3, 0.4) is 0 Å². The summed E-state index contributed by atoms with van der Waals surface area (Å²) in [6.07, 6.45) is 6.18. The minimum absolute atomic E-state index is 0.107. The van der Waals surface area contributed by atoms with Crippen LogP contribution in [0, 0.1) is 6.92 Å². The molecule has 2 aromatic carbocycles. The first kappa shape index (κ1) is 37.9. The second-order valence-electron chi connectivity index (χ2n) is 12.7. The Labute approximate surface area is 314 Å². The Balaban J connectivity index is 1.38. The van der Waals surface area contributed by atoms with Crippen LogP contribution in [0.15, 0.2) is 54.7 Å². The fourth-order valence-corrected chi connectivity index (χ4v) is 6.21. The number of imidazole rings is 2. The lowest BCUT2D eigenvalue weighted by atomic mass is 10.1. The zero-order valence-electron chi connectivity index (χ0n) is 30.9. The van der Waals surface area contributed by atoms with Crippen LogP contribution in [0.2, 0.25) is 0 Å². The lowest BCUT2D eigenvalue weighted by Gasteiger charge is -2.13. The third kappa shape index (κ3) is 7.93. The van der Waals surface area contributed by atoms with Gasteiger partial charge in [-0.05, 0) is 56.7 Å². The van der Waals surface area contributed by atoms with Gasteiger partial charge in [-0.15, -0.1) is 0 Å². The van der Waals surface area contributed by atoms with Crippen LogP contribution in [0.4, 0.5) is 11.9 Å². The van der Waals surface area contributed by atoms with Crippen LogP contribution < -0.4 is 26.8 Å². The average Bonchev–Trinajstić information content (AvgIpc) is 3.92. The van der Waals surface area contributed by atoms with Crippen molar-refractivity contribution in [3.05, 3.63) is 88.5 Å². The summed E-state index contributed by atoms with van der Waals surface area (Å²) in [5, 5.41) is 23.9. The van der Waals surface area contributed by atoms with E-state index in [1.54, 1.807) is 62.9 Å². The van der Waals surface area contributed by atoms with Crippen molar-refractivity contribution in [2.45, 2.75) is 53.2 Å². The summed E-state index contributed by atoms with van der Waals surface area (Å²) >= 11 is 0. The molecule has 0 fully saturated rings. The zero-order valence-corrected chi connectivity index (χ0v) is 30.9. The molecule has 0 aliphatic heterocycles. The Hall–Kier alpha value is -6.82. The number of fused-ring (bicyclic) bond motifs is 2. The van der Waals surface area contributed by atoms with E-state index >= 15 is 0 Å². The van der Waals surface area contributed by atoms with E-state index in [2.05, 4.69) is 30.8 Å². The number of allylic oxidation sites excluding steroid dienone is 2. The number of primary amides is 2. The van der Waals surface area contributed by atoms with Crippen LogP contribution in [0.25, 0.3) is 22.1 Å². The van der Waals surface area contributed by atoms with Crippen molar-refractivity contribution in [1.82, 2.24) is 38.7 Å². The highest BCUT2D eigenvalue weighted by Crippen LogP contribution is 2.32. The van der Waals surface area contributed by atoms with E-state index in [9.17, 15) is 24.3 Å². The number of nitrogens with zero attached hydrogens (tertiary/aromatic N) is 8. The van der Waals surface area contributed by atoms with Crippen LogP contribution >= 0.6 is 0 Å². The average molecular weight is 751 g/mol. The van der Waals surface area contributed by atoms with Gasteiger partial charge in [0, 0.05) is 57.0 Å². The third-order valence-electron chi connectivity index (χ3n) is 8.80. The standard InChI is InChI=1S/C37H42N12O6/c1-5-25-24(20-46(4)45-25)34(53)42-37-41-27-18-23(33(39)52)19-30(55-15-9-14-50)31(27)48(37)13-8-7-12-47-28-11-10-22(32(38)51)17-26(28)40-36(47)43-35(54)29-16-21(3)44-49(29)6-2/h7-8,10-11,16-20,50H,5-6,9,12-15H2,1-4H3,(H2,38,51)(H2,39,52)(H,40,43,54)(H,41,42,53). The summed E-state index contributed by atoms with van der Waals surface area (Å²) in [6, 6.07) is 9.57. The molecular formula is C37H42N12O6. The van der Waals surface area contributed by atoms with Gasteiger partial charge < -0.3 is 30.4 Å². The van der Waals surface area contributed by atoms with Crippen molar-refractivity contribution in [2.75, 3.05) is 23.8 Å². The van der Waals surface area contributed by atoms with Gasteiger partial charge in [-0.3, -0.25) is 39.2 Å².